The molecule has 0 aliphatic carbocycles. The number of nitrogens with one attached hydrogen (secondary N) is 1. The van der Waals surface area contributed by atoms with Crippen molar-refractivity contribution < 1.29 is 4.92 Å². The van der Waals surface area contributed by atoms with Gasteiger partial charge in [-0.2, -0.15) is 11.3 Å². The summed E-state index contributed by atoms with van der Waals surface area (Å²) < 4.78 is 0. The molecule has 0 amide bonds. The van der Waals surface area contributed by atoms with E-state index in [1.54, 1.807) is 11.3 Å². The Kier molecular flexibility index (Phi) is 3.70. The van der Waals surface area contributed by atoms with E-state index in [-0.39, 0.29) is 11.0 Å². The fourth-order valence-corrected chi connectivity index (χ4v) is 2.87. The normalized spacial score (nSPS) is 12.3. The minimum atomic E-state index is -0.424. The van der Waals surface area contributed by atoms with Crippen LogP contribution in [0.15, 0.2) is 23.0 Å². The van der Waals surface area contributed by atoms with Gasteiger partial charge in [0.1, 0.15) is 6.20 Å². The van der Waals surface area contributed by atoms with Crippen molar-refractivity contribution >= 4 is 32.8 Å². The number of nitrogens with zero attached hydrogens (tertiary/aromatic N) is 2. The second-order valence-corrected chi connectivity index (χ2v) is 5.43. The third-order valence-electron chi connectivity index (χ3n) is 2.17. The van der Waals surface area contributed by atoms with E-state index in [0.717, 1.165) is 17.8 Å². The highest BCUT2D eigenvalue weighted by Crippen LogP contribution is 2.25. The maximum atomic E-state index is 10.5. The molecule has 90 valence electrons. The maximum Gasteiger partial charge on any atom is 0.345 e. The van der Waals surface area contributed by atoms with Crippen LogP contribution in [0.4, 0.5) is 10.1 Å². The summed E-state index contributed by atoms with van der Waals surface area (Å²) in [7, 11) is 0. The highest BCUT2D eigenvalue weighted by atomic mass is 32.1. The van der Waals surface area contributed by atoms with E-state index in [4.69, 9.17) is 0 Å². The first-order valence-electron chi connectivity index (χ1n) is 5.03. The molecule has 1 atom stereocenters. The first-order valence-corrected chi connectivity index (χ1v) is 6.79. The number of thiophene rings is 1. The maximum absolute atomic E-state index is 10.5. The Labute approximate surface area is 106 Å². The van der Waals surface area contributed by atoms with Crippen molar-refractivity contribution in [2.24, 2.45) is 0 Å². The highest BCUT2D eigenvalue weighted by molar-refractivity contribution is 7.18. The summed E-state index contributed by atoms with van der Waals surface area (Å²) >= 11 is 2.73. The molecule has 1 unspecified atom stereocenters. The van der Waals surface area contributed by atoms with E-state index in [2.05, 4.69) is 21.7 Å². The molecular formula is C10H11N3O2S2. The molecule has 0 spiro atoms. The summed E-state index contributed by atoms with van der Waals surface area (Å²) in [6.07, 6.45) is 2.17. The summed E-state index contributed by atoms with van der Waals surface area (Å²) in [6, 6.07) is 2.28. The van der Waals surface area contributed by atoms with Crippen LogP contribution in [-0.2, 0) is 6.42 Å². The lowest BCUT2D eigenvalue weighted by atomic mass is 10.1. The van der Waals surface area contributed by atoms with Crippen molar-refractivity contribution in [3.8, 4) is 0 Å². The first kappa shape index (κ1) is 12.0. The average molecular weight is 269 g/mol. The van der Waals surface area contributed by atoms with Crippen LogP contribution >= 0.6 is 22.7 Å². The predicted molar refractivity (Wildman–Crippen MR) is 69.9 cm³/mol. The van der Waals surface area contributed by atoms with Crippen molar-refractivity contribution in [2.75, 3.05) is 5.32 Å². The summed E-state index contributed by atoms with van der Waals surface area (Å²) in [5, 5.41) is 18.5. The van der Waals surface area contributed by atoms with E-state index in [9.17, 15) is 10.1 Å². The number of anilines is 1. The van der Waals surface area contributed by atoms with Gasteiger partial charge in [-0.25, -0.2) is 4.98 Å². The number of hydrogen-bond acceptors (Lipinski definition) is 6. The van der Waals surface area contributed by atoms with Gasteiger partial charge in [0, 0.05) is 6.04 Å². The summed E-state index contributed by atoms with van der Waals surface area (Å²) in [4.78, 5) is 14.1. The number of rotatable bonds is 5. The number of nitro groups is 1. The monoisotopic (exact) mass is 269 g/mol. The van der Waals surface area contributed by atoms with Crippen LogP contribution in [0.3, 0.4) is 0 Å². The number of aromatic nitrogens is 1. The lowest BCUT2D eigenvalue weighted by Gasteiger charge is -2.11. The minimum Gasteiger partial charge on any atom is -0.359 e. The zero-order valence-electron chi connectivity index (χ0n) is 9.12. The molecule has 0 fully saturated rings. The standard InChI is InChI=1S/C10H11N3O2S2/c1-7(4-8-2-3-16-6-8)12-10-11-5-9(17-10)13(14)15/h2-3,5-7H,4H2,1H3,(H,11,12). The minimum absolute atomic E-state index is 0.0650. The van der Waals surface area contributed by atoms with E-state index >= 15 is 0 Å². The summed E-state index contributed by atoms with van der Waals surface area (Å²) in [6.45, 7) is 2.03. The zero-order chi connectivity index (χ0) is 12.3. The van der Waals surface area contributed by atoms with E-state index in [1.807, 2.05) is 12.3 Å². The molecule has 0 aliphatic heterocycles. The molecule has 2 aromatic rings. The molecule has 0 radical (unpaired) electrons. The zero-order valence-corrected chi connectivity index (χ0v) is 10.8. The quantitative estimate of drug-likeness (QED) is 0.668. The van der Waals surface area contributed by atoms with Crippen LogP contribution in [0.1, 0.15) is 12.5 Å². The molecule has 5 nitrogen and oxygen atoms in total. The lowest BCUT2D eigenvalue weighted by Crippen LogP contribution is -2.17. The Balaban J connectivity index is 1.93. The van der Waals surface area contributed by atoms with Gasteiger partial charge in [0.2, 0.25) is 0 Å². The summed E-state index contributed by atoms with van der Waals surface area (Å²) in [5.74, 6) is 0. The second-order valence-electron chi connectivity index (χ2n) is 3.64. The highest BCUT2D eigenvalue weighted by Gasteiger charge is 2.13. The Morgan fingerprint density at radius 2 is 2.47 bits per heavy atom. The molecule has 17 heavy (non-hydrogen) atoms. The third-order valence-corrected chi connectivity index (χ3v) is 3.78. The van der Waals surface area contributed by atoms with E-state index in [1.165, 1.54) is 11.8 Å². The molecule has 7 heteroatoms. The van der Waals surface area contributed by atoms with Gasteiger partial charge in [-0.15, -0.1) is 0 Å². The average Bonchev–Trinajstić information content (AvgIpc) is 2.88. The van der Waals surface area contributed by atoms with Crippen LogP contribution in [0.5, 0.6) is 0 Å². The van der Waals surface area contributed by atoms with Crippen LogP contribution in [0.25, 0.3) is 0 Å². The van der Waals surface area contributed by atoms with Gasteiger partial charge in [-0.3, -0.25) is 10.1 Å². The van der Waals surface area contributed by atoms with Crippen molar-refractivity contribution in [1.82, 2.24) is 4.98 Å². The molecule has 0 aliphatic rings. The van der Waals surface area contributed by atoms with E-state index < -0.39 is 4.92 Å². The molecule has 2 aromatic heterocycles. The number of thiazole rings is 1. The van der Waals surface area contributed by atoms with Crippen LogP contribution < -0.4 is 5.32 Å². The molecule has 0 saturated carbocycles. The van der Waals surface area contributed by atoms with Gasteiger partial charge in [-0.05, 0) is 47.1 Å². The first-order chi connectivity index (χ1) is 8.15. The van der Waals surface area contributed by atoms with Crippen molar-refractivity contribution in [1.29, 1.82) is 0 Å². The summed E-state index contributed by atoms with van der Waals surface area (Å²) in [5.41, 5.74) is 1.26. The second kappa shape index (κ2) is 5.24. The van der Waals surface area contributed by atoms with Crippen LogP contribution in [0.2, 0.25) is 0 Å². The topological polar surface area (TPSA) is 68.1 Å². The fourth-order valence-electron chi connectivity index (χ4n) is 1.44. The van der Waals surface area contributed by atoms with Gasteiger partial charge < -0.3 is 5.32 Å². The molecule has 1 N–H and O–H groups in total. The van der Waals surface area contributed by atoms with Gasteiger partial charge in [0.05, 0.1) is 4.92 Å². The lowest BCUT2D eigenvalue weighted by molar-refractivity contribution is -0.380. The Bertz CT molecular complexity index is 495. The molecule has 2 heterocycles. The van der Waals surface area contributed by atoms with E-state index in [0.29, 0.717) is 5.13 Å². The van der Waals surface area contributed by atoms with Crippen molar-refractivity contribution in [2.45, 2.75) is 19.4 Å². The molecular weight excluding hydrogens is 258 g/mol. The van der Waals surface area contributed by atoms with Gasteiger partial charge >= 0.3 is 5.00 Å². The molecule has 0 saturated heterocycles. The molecule has 0 aromatic carbocycles. The van der Waals surface area contributed by atoms with Gasteiger partial charge in [0.15, 0.2) is 5.13 Å². The molecule has 0 bridgehead atoms. The van der Waals surface area contributed by atoms with Crippen LogP contribution in [-0.4, -0.2) is 15.9 Å². The van der Waals surface area contributed by atoms with Crippen molar-refractivity contribution in [3.05, 3.63) is 38.7 Å². The van der Waals surface area contributed by atoms with Gasteiger partial charge in [-0.1, -0.05) is 0 Å². The van der Waals surface area contributed by atoms with Gasteiger partial charge in [0.25, 0.3) is 0 Å². The Hall–Kier alpha value is -1.47. The Morgan fingerprint density at radius 3 is 3.06 bits per heavy atom. The molecule has 2 rings (SSSR count). The largest absolute Gasteiger partial charge is 0.359 e. The SMILES string of the molecule is CC(Cc1ccsc1)Nc1ncc([N+](=O)[O-])s1. The third kappa shape index (κ3) is 3.24. The Morgan fingerprint density at radius 1 is 1.65 bits per heavy atom. The predicted octanol–water partition coefficient (Wildman–Crippen LogP) is 3.16. The van der Waals surface area contributed by atoms with Crippen LogP contribution in [0, 0.1) is 10.1 Å². The smallest absolute Gasteiger partial charge is 0.345 e. The van der Waals surface area contributed by atoms with Crippen molar-refractivity contribution in [3.63, 3.8) is 0 Å². The number of hydrogen-bond donors (Lipinski definition) is 1. The fraction of sp³-hybridized carbons (Fsp3) is 0.300.